The molecule has 0 amide bonds. The van der Waals surface area contributed by atoms with Gasteiger partial charge in [0.25, 0.3) is 0 Å². The lowest BCUT2D eigenvalue weighted by molar-refractivity contribution is 0.0154. The highest BCUT2D eigenvalue weighted by Crippen LogP contribution is 2.21. The number of likely N-dealkylation sites (N-methyl/N-ethyl adjacent to an activating group) is 1. The summed E-state index contributed by atoms with van der Waals surface area (Å²) < 4.78 is 11.2. The largest absolute Gasteiger partial charge is 0.381 e. The lowest BCUT2D eigenvalue weighted by atomic mass is 9.93. The smallest absolute Gasteiger partial charge is 0.0728 e. The summed E-state index contributed by atoms with van der Waals surface area (Å²) in [5, 5.41) is 3.37. The summed E-state index contributed by atoms with van der Waals surface area (Å²) in [7, 11) is 2.02. The fourth-order valence-electron chi connectivity index (χ4n) is 2.25. The Morgan fingerprint density at radius 3 is 2.71 bits per heavy atom. The van der Waals surface area contributed by atoms with Crippen LogP contribution in [0.25, 0.3) is 0 Å². The van der Waals surface area contributed by atoms with Crippen molar-refractivity contribution >= 4 is 0 Å². The van der Waals surface area contributed by atoms with Gasteiger partial charge in [-0.15, -0.1) is 0 Å². The molecule has 0 aromatic carbocycles. The third-order valence-corrected chi connectivity index (χ3v) is 2.99. The number of nitrogens with one attached hydrogen (secondary N) is 1. The minimum atomic E-state index is 0.330. The summed E-state index contributed by atoms with van der Waals surface area (Å²) in [4.78, 5) is 0. The van der Waals surface area contributed by atoms with E-state index in [9.17, 15) is 0 Å². The molecule has 0 aliphatic carbocycles. The first-order valence-corrected chi connectivity index (χ1v) is 5.70. The van der Waals surface area contributed by atoms with Crippen LogP contribution in [0.5, 0.6) is 0 Å². The van der Waals surface area contributed by atoms with E-state index < -0.39 is 0 Å². The van der Waals surface area contributed by atoms with Crippen LogP contribution in [0.1, 0.15) is 26.7 Å². The molecule has 0 spiro atoms. The molecule has 1 aliphatic heterocycles. The summed E-state index contributed by atoms with van der Waals surface area (Å²) >= 11 is 0. The van der Waals surface area contributed by atoms with Crippen molar-refractivity contribution in [1.82, 2.24) is 5.32 Å². The Kier molecular flexibility index (Phi) is 5.45. The van der Waals surface area contributed by atoms with Crippen LogP contribution in [0.2, 0.25) is 0 Å². The Morgan fingerprint density at radius 1 is 1.50 bits per heavy atom. The van der Waals surface area contributed by atoms with E-state index in [0.717, 1.165) is 32.7 Å². The average molecular weight is 201 g/mol. The molecule has 3 atom stereocenters. The van der Waals surface area contributed by atoms with Gasteiger partial charge in [-0.25, -0.2) is 0 Å². The molecule has 0 saturated carbocycles. The molecule has 3 nitrogen and oxygen atoms in total. The SMILES string of the molecule is CCOC(CC)C(NC)C1CCOC1. The van der Waals surface area contributed by atoms with Gasteiger partial charge in [0.15, 0.2) is 0 Å². The summed E-state index contributed by atoms with van der Waals surface area (Å²) in [6.45, 7) is 6.83. The van der Waals surface area contributed by atoms with Gasteiger partial charge < -0.3 is 14.8 Å². The molecule has 1 saturated heterocycles. The Balaban J connectivity index is 2.48. The monoisotopic (exact) mass is 201 g/mol. The maximum absolute atomic E-state index is 5.74. The van der Waals surface area contributed by atoms with Crippen LogP contribution < -0.4 is 5.32 Å². The van der Waals surface area contributed by atoms with Crippen molar-refractivity contribution in [1.29, 1.82) is 0 Å². The lowest BCUT2D eigenvalue weighted by Gasteiger charge is -2.29. The van der Waals surface area contributed by atoms with Crippen molar-refractivity contribution in [2.24, 2.45) is 5.92 Å². The molecule has 1 N–H and O–H groups in total. The van der Waals surface area contributed by atoms with E-state index in [2.05, 4.69) is 19.2 Å². The first-order valence-electron chi connectivity index (χ1n) is 5.70. The van der Waals surface area contributed by atoms with Gasteiger partial charge in [-0.1, -0.05) is 6.92 Å². The quantitative estimate of drug-likeness (QED) is 0.705. The van der Waals surface area contributed by atoms with Crippen LogP contribution in [0.15, 0.2) is 0 Å². The number of hydrogen-bond acceptors (Lipinski definition) is 3. The van der Waals surface area contributed by atoms with Crippen molar-refractivity contribution in [3.05, 3.63) is 0 Å². The van der Waals surface area contributed by atoms with E-state index >= 15 is 0 Å². The Labute approximate surface area is 87.2 Å². The highest BCUT2D eigenvalue weighted by Gasteiger charge is 2.30. The third-order valence-electron chi connectivity index (χ3n) is 2.99. The van der Waals surface area contributed by atoms with E-state index in [1.165, 1.54) is 0 Å². The number of rotatable bonds is 6. The molecular formula is C11H23NO2. The minimum absolute atomic E-state index is 0.330. The fraction of sp³-hybridized carbons (Fsp3) is 1.00. The molecule has 0 aromatic rings. The van der Waals surface area contributed by atoms with E-state index in [-0.39, 0.29) is 0 Å². The van der Waals surface area contributed by atoms with Gasteiger partial charge in [0.1, 0.15) is 0 Å². The fourth-order valence-corrected chi connectivity index (χ4v) is 2.25. The van der Waals surface area contributed by atoms with Crippen molar-refractivity contribution in [3.63, 3.8) is 0 Å². The summed E-state index contributed by atoms with van der Waals surface area (Å²) in [5.41, 5.74) is 0. The second kappa shape index (κ2) is 6.38. The van der Waals surface area contributed by atoms with Gasteiger partial charge >= 0.3 is 0 Å². The second-order valence-corrected chi connectivity index (χ2v) is 3.84. The van der Waals surface area contributed by atoms with Crippen molar-refractivity contribution in [3.8, 4) is 0 Å². The minimum Gasteiger partial charge on any atom is -0.381 e. The van der Waals surface area contributed by atoms with Crippen LogP contribution in [0, 0.1) is 5.92 Å². The number of ether oxygens (including phenoxy) is 2. The maximum Gasteiger partial charge on any atom is 0.0728 e. The molecule has 1 aliphatic rings. The normalized spacial score (nSPS) is 26.4. The van der Waals surface area contributed by atoms with Crippen LogP contribution in [-0.4, -0.2) is 39.0 Å². The number of hydrogen-bond donors (Lipinski definition) is 1. The molecule has 1 heterocycles. The van der Waals surface area contributed by atoms with E-state index in [1.54, 1.807) is 0 Å². The summed E-state index contributed by atoms with van der Waals surface area (Å²) in [6, 6.07) is 0.447. The molecule has 3 unspecified atom stereocenters. The maximum atomic E-state index is 5.74. The van der Waals surface area contributed by atoms with Gasteiger partial charge in [-0.2, -0.15) is 0 Å². The zero-order valence-corrected chi connectivity index (χ0v) is 9.58. The first-order chi connectivity index (χ1) is 6.83. The molecule has 1 rings (SSSR count). The van der Waals surface area contributed by atoms with Crippen LogP contribution in [-0.2, 0) is 9.47 Å². The van der Waals surface area contributed by atoms with Gasteiger partial charge in [0.05, 0.1) is 12.7 Å². The highest BCUT2D eigenvalue weighted by atomic mass is 16.5. The molecule has 1 fully saturated rings. The molecule has 0 aromatic heterocycles. The molecule has 0 bridgehead atoms. The molecule has 84 valence electrons. The summed E-state index contributed by atoms with van der Waals surface area (Å²) in [5.74, 6) is 0.622. The van der Waals surface area contributed by atoms with Crippen molar-refractivity contribution in [2.45, 2.75) is 38.8 Å². The molecule has 14 heavy (non-hydrogen) atoms. The van der Waals surface area contributed by atoms with Crippen molar-refractivity contribution in [2.75, 3.05) is 26.9 Å². The highest BCUT2D eigenvalue weighted by molar-refractivity contribution is 4.84. The van der Waals surface area contributed by atoms with Crippen LogP contribution in [0.3, 0.4) is 0 Å². The van der Waals surface area contributed by atoms with Crippen LogP contribution in [0.4, 0.5) is 0 Å². The standard InChI is InChI=1S/C11H23NO2/c1-4-10(14-5-2)11(12-3)9-6-7-13-8-9/h9-12H,4-8H2,1-3H3. The summed E-state index contributed by atoms with van der Waals surface area (Å²) in [6.07, 6.45) is 2.56. The van der Waals surface area contributed by atoms with E-state index in [0.29, 0.717) is 18.1 Å². The Bertz CT molecular complexity index is 146. The third kappa shape index (κ3) is 2.94. The van der Waals surface area contributed by atoms with Gasteiger partial charge in [0.2, 0.25) is 0 Å². The molecule has 0 radical (unpaired) electrons. The van der Waals surface area contributed by atoms with Crippen LogP contribution >= 0.6 is 0 Å². The first kappa shape index (κ1) is 12.0. The lowest BCUT2D eigenvalue weighted by Crippen LogP contribution is -2.45. The van der Waals surface area contributed by atoms with Gasteiger partial charge in [-0.3, -0.25) is 0 Å². The second-order valence-electron chi connectivity index (χ2n) is 3.84. The average Bonchev–Trinajstić information content (AvgIpc) is 2.71. The molecular weight excluding hydrogens is 178 g/mol. The zero-order valence-electron chi connectivity index (χ0n) is 9.58. The van der Waals surface area contributed by atoms with E-state index in [1.807, 2.05) is 7.05 Å². The van der Waals surface area contributed by atoms with Gasteiger partial charge in [0, 0.05) is 25.2 Å². The Hall–Kier alpha value is -0.120. The Morgan fingerprint density at radius 2 is 2.29 bits per heavy atom. The van der Waals surface area contributed by atoms with E-state index in [4.69, 9.17) is 9.47 Å². The predicted molar refractivity (Wildman–Crippen MR) is 57.5 cm³/mol. The predicted octanol–water partition coefficient (Wildman–Crippen LogP) is 1.43. The van der Waals surface area contributed by atoms with Crippen molar-refractivity contribution < 1.29 is 9.47 Å². The topological polar surface area (TPSA) is 30.5 Å². The molecule has 3 heteroatoms. The van der Waals surface area contributed by atoms with Gasteiger partial charge in [-0.05, 0) is 26.8 Å². The zero-order chi connectivity index (χ0) is 10.4.